The number of hydrogen-bond donors (Lipinski definition) is 1. The van der Waals surface area contributed by atoms with Crippen molar-refractivity contribution in [2.45, 2.75) is 32.3 Å². The Bertz CT molecular complexity index is 534. The predicted molar refractivity (Wildman–Crippen MR) is 120 cm³/mol. The van der Waals surface area contributed by atoms with Gasteiger partial charge in [0.05, 0.1) is 12.6 Å². The smallest absolute Gasteiger partial charge is 0.193 e. The van der Waals surface area contributed by atoms with E-state index in [4.69, 9.17) is 14.2 Å². The number of nitrogens with zero attached hydrogens (tertiary/aromatic N) is 2. The van der Waals surface area contributed by atoms with Gasteiger partial charge in [-0.15, -0.1) is 24.0 Å². The van der Waals surface area contributed by atoms with Gasteiger partial charge in [0.2, 0.25) is 0 Å². The first-order valence-corrected chi connectivity index (χ1v) is 9.49. The molecule has 0 bridgehead atoms. The third kappa shape index (κ3) is 9.62. The van der Waals surface area contributed by atoms with Gasteiger partial charge in [0, 0.05) is 40.5 Å². The van der Waals surface area contributed by atoms with Crippen LogP contribution in [0, 0.1) is 6.92 Å². The van der Waals surface area contributed by atoms with Crippen LogP contribution in [0.2, 0.25) is 0 Å². The van der Waals surface area contributed by atoms with E-state index < -0.39 is 0 Å². The lowest BCUT2D eigenvalue weighted by Gasteiger charge is -2.23. The second-order valence-corrected chi connectivity index (χ2v) is 6.59. The topological polar surface area (TPSA) is 55.3 Å². The molecule has 1 aromatic carbocycles. The highest BCUT2D eigenvalue weighted by Gasteiger charge is 2.13. The summed E-state index contributed by atoms with van der Waals surface area (Å²) >= 11 is 0. The molecule has 0 aliphatic carbocycles. The molecule has 1 N–H and O–H groups in total. The number of benzene rings is 1. The number of likely N-dealkylation sites (N-methyl/N-ethyl adjacent to an activating group) is 1. The Kier molecular flexibility index (Phi) is 12.4. The number of hydrogen-bond acceptors (Lipinski definition) is 4. The molecule has 27 heavy (non-hydrogen) atoms. The first-order chi connectivity index (χ1) is 12.7. The summed E-state index contributed by atoms with van der Waals surface area (Å²) in [6.45, 7) is 6.73. The molecule has 1 saturated heterocycles. The quantitative estimate of drug-likeness (QED) is 0.249. The number of nitrogens with one attached hydrogen (secondary N) is 1. The van der Waals surface area contributed by atoms with E-state index in [2.05, 4.69) is 34.3 Å². The van der Waals surface area contributed by atoms with Crippen molar-refractivity contribution in [1.29, 1.82) is 0 Å². The van der Waals surface area contributed by atoms with Crippen molar-refractivity contribution in [3.8, 4) is 5.75 Å². The molecule has 0 radical (unpaired) electrons. The zero-order valence-corrected chi connectivity index (χ0v) is 19.1. The van der Waals surface area contributed by atoms with Crippen LogP contribution in [0.15, 0.2) is 29.3 Å². The molecule has 1 aliphatic rings. The van der Waals surface area contributed by atoms with Crippen molar-refractivity contribution in [2.24, 2.45) is 4.99 Å². The van der Waals surface area contributed by atoms with Crippen LogP contribution in [0.1, 0.15) is 24.8 Å². The molecular formula is C20H34IN3O3. The summed E-state index contributed by atoms with van der Waals surface area (Å²) in [5.41, 5.74) is 1.24. The van der Waals surface area contributed by atoms with Crippen LogP contribution in [0.25, 0.3) is 0 Å². The maximum absolute atomic E-state index is 5.89. The molecule has 7 heteroatoms. The van der Waals surface area contributed by atoms with E-state index in [9.17, 15) is 0 Å². The standard InChI is InChI=1S/C20H33N3O3.HI/c1-17-5-7-18(8-6-17)26-16-12-23(3)20(21-2)22-11-4-13-25-19-9-14-24-15-10-19;/h5-8,19H,4,9-16H2,1-3H3,(H,21,22);1H. The van der Waals surface area contributed by atoms with Crippen molar-refractivity contribution < 1.29 is 14.2 Å². The fourth-order valence-electron chi connectivity index (χ4n) is 2.79. The Labute approximate surface area is 180 Å². The van der Waals surface area contributed by atoms with Crippen LogP contribution in [0.3, 0.4) is 0 Å². The van der Waals surface area contributed by atoms with Crippen LogP contribution in [0.4, 0.5) is 0 Å². The highest BCUT2D eigenvalue weighted by Crippen LogP contribution is 2.11. The van der Waals surface area contributed by atoms with Crippen molar-refractivity contribution in [3.05, 3.63) is 29.8 Å². The Hall–Kier alpha value is -1.06. The minimum Gasteiger partial charge on any atom is -0.492 e. The summed E-state index contributed by atoms with van der Waals surface area (Å²) in [6, 6.07) is 8.12. The predicted octanol–water partition coefficient (Wildman–Crippen LogP) is 3.08. The van der Waals surface area contributed by atoms with E-state index >= 15 is 0 Å². The van der Waals surface area contributed by atoms with Gasteiger partial charge in [-0.25, -0.2) is 0 Å². The Morgan fingerprint density at radius 1 is 1.22 bits per heavy atom. The van der Waals surface area contributed by atoms with Crippen LogP contribution < -0.4 is 10.1 Å². The summed E-state index contributed by atoms with van der Waals surface area (Å²) in [5, 5.41) is 3.38. The largest absolute Gasteiger partial charge is 0.492 e. The Morgan fingerprint density at radius 3 is 2.59 bits per heavy atom. The molecule has 0 atom stereocenters. The van der Waals surface area contributed by atoms with Crippen LogP contribution >= 0.6 is 24.0 Å². The molecule has 0 unspecified atom stereocenters. The zero-order valence-electron chi connectivity index (χ0n) is 16.8. The summed E-state index contributed by atoms with van der Waals surface area (Å²) in [5.74, 6) is 1.78. The average Bonchev–Trinajstić information content (AvgIpc) is 2.67. The Morgan fingerprint density at radius 2 is 1.93 bits per heavy atom. The number of rotatable bonds is 9. The summed E-state index contributed by atoms with van der Waals surface area (Å²) in [4.78, 5) is 6.41. The summed E-state index contributed by atoms with van der Waals surface area (Å²) in [6.07, 6.45) is 3.35. The number of halogens is 1. The van der Waals surface area contributed by atoms with E-state index in [1.165, 1.54) is 5.56 Å². The normalized spacial score (nSPS) is 15.1. The van der Waals surface area contributed by atoms with E-state index in [1.807, 2.05) is 19.2 Å². The van der Waals surface area contributed by atoms with Gasteiger partial charge in [0.1, 0.15) is 12.4 Å². The molecule has 1 heterocycles. The van der Waals surface area contributed by atoms with E-state index in [0.717, 1.165) is 63.9 Å². The summed E-state index contributed by atoms with van der Waals surface area (Å²) < 4.78 is 17.0. The molecule has 1 aliphatic heterocycles. The summed E-state index contributed by atoms with van der Waals surface area (Å²) in [7, 11) is 3.82. The lowest BCUT2D eigenvalue weighted by Crippen LogP contribution is -2.41. The first-order valence-electron chi connectivity index (χ1n) is 9.49. The van der Waals surface area contributed by atoms with Crippen LogP contribution in [0.5, 0.6) is 5.75 Å². The van der Waals surface area contributed by atoms with Gasteiger partial charge >= 0.3 is 0 Å². The molecular weight excluding hydrogens is 457 g/mol. The lowest BCUT2D eigenvalue weighted by atomic mass is 10.1. The van der Waals surface area contributed by atoms with Gasteiger partial charge in [-0.05, 0) is 38.3 Å². The fourth-order valence-corrected chi connectivity index (χ4v) is 2.79. The molecule has 1 fully saturated rings. The SMILES string of the molecule is CN=C(NCCCOC1CCOCC1)N(C)CCOc1ccc(C)cc1.I. The average molecular weight is 491 g/mol. The number of guanidine groups is 1. The van der Waals surface area contributed by atoms with Crippen LogP contribution in [-0.4, -0.2) is 70.6 Å². The third-order valence-electron chi connectivity index (χ3n) is 4.42. The maximum atomic E-state index is 5.89. The third-order valence-corrected chi connectivity index (χ3v) is 4.42. The molecule has 0 spiro atoms. The van der Waals surface area contributed by atoms with Gasteiger partial charge in [0.15, 0.2) is 5.96 Å². The highest BCUT2D eigenvalue weighted by atomic mass is 127. The molecule has 2 rings (SSSR count). The number of aliphatic imine (C=N–C) groups is 1. The molecule has 0 saturated carbocycles. The first kappa shape index (κ1) is 24.0. The maximum Gasteiger partial charge on any atom is 0.193 e. The van der Waals surface area contributed by atoms with Crippen molar-refractivity contribution in [1.82, 2.24) is 10.2 Å². The van der Waals surface area contributed by atoms with Crippen molar-refractivity contribution in [3.63, 3.8) is 0 Å². The van der Waals surface area contributed by atoms with E-state index in [-0.39, 0.29) is 24.0 Å². The second kappa shape index (κ2) is 14.0. The molecule has 0 aromatic heterocycles. The van der Waals surface area contributed by atoms with Crippen LogP contribution in [-0.2, 0) is 9.47 Å². The minimum atomic E-state index is 0. The van der Waals surface area contributed by atoms with Gasteiger partial charge < -0.3 is 24.4 Å². The van der Waals surface area contributed by atoms with Gasteiger partial charge in [-0.1, -0.05) is 17.7 Å². The Balaban J connectivity index is 0.00000364. The van der Waals surface area contributed by atoms with E-state index in [1.54, 1.807) is 7.05 Å². The molecule has 154 valence electrons. The van der Waals surface area contributed by atoms with Gasteiger partial charge in [0.25, 0.3) is 0 Å². The van der Waals surface area contributed by atoms with Crippen molar-refractivity contribution >= 4 is 29.9 Å². The second-order valence-electron chi connectivity index (χ2n) is 6.59. The lowest BCUT2D eigenvalue weighted by molar-refractivity contribution is -0.0320. The monoisotopic (exact) mass is 491 g/mol. The fraction of sp³-hybridized carbons (Fsp3) is 0.650. The van der Waals surface area contributed by atoms with Gasteiger partial charge in [-0.3, -0.25) is 4.99 Å². The molecule has 0 amide bonds. The zero-order chi connectivity index (χ0) is 18.6. The highest BCUT2D eigenvalue weighted by molar-refractivity contribution is 14.0. The molecule has 1 aromatic rings. The number of aryl methyl sites for hydroxylation is 1. The van der Waals surface area contributed by atoms with E-state index in [0.29, 0.717) is 12.7 Å². The van der Waals surface area contributed by atoms with Crippen molar-refractivity contribution in [2.75, 3.05) is 53.6 Å². The minimum absolute atomic E-state index is 0. The molecule has 6 nitrogen and oxygen atoms in total. The number of ether oxygens (including phenoxy) is 3. The van der Waals surface area contributed by atoms with Gasteiger partial charge in [-0.2, -0.15) is 0 Å².